The zero-order valence-corrected chi connectivity index (χ0v) is 6.32. The monoisotopic (exact) mass is 160 g/mol. The Bertz CT molecular complexity index is 162. The van der Waals surface area contributed by atoms with Crippen LogP contribution >= 0.6 is 0 Å². The van der Waals surface area contributed by atoms with Crippen LogP contribution in [-0.4, -0.2) is 53.5 Å². The lowest BCUT2D eigenvalue weighted by Crippen LogP contribution is -2.36. The molecule has 5 nitrogen and oxygen atoms in total. The van der Waals surface area contributed by atoms with E-state index in [4.69, 9.17) is 5.11 Å². The van der Waals surface area contributed by atoms with Crippen molar-refractivity contribution in [1.82, 2.24) is 10.2 Å². The minimum absolute atomic E-state index is 0.119. The third-order valence-corrected chi connectivity index (χ3v) is 1.93. The molecule has 0 aromatic carbocycles. The van der Waals surface area contributed by atoms with Gasteiger partial charge in [-0.25, -0.2) is 4.79 Å². The van der Waals surface area contributed by atoms with Gasteiger partial charge in [-0.2, -0.15) is 0 Å². The van der Waals surface area contributed by atoms with Crippen LogP contribution in [0.5, 0.6) is 0 Å². The lowest BCUT2D eigenvalue weighted by Gasteiger charge is -2.10. The smallest absolute Gasteiger partial charge is 0.407 e. The second kappa shape index (κ2) is 3.06. The molecule has 0 saturated carbocycles. The van der Waals surface area contributed by atoms with E-state index < -0.39 is 12.2 Å². The first-order valence-corrected chi connectivity index (χ1v) is 3.48. The Kier molecular flexibility index (Phi) is 2.31. The van der Waals surface area contributed by atoms with Crippen LogP contribution in [0.3, 0.4) is 0 Å². The summed E-state index contributed by atoms with van der Waals surface area (Å²) in [6, 6.07) is -0.119. The fourth-order valence-electron chi connectivity index (χ4n) is 1.23. The van der Waals surface area contributed by atoms with Gasteiger partial charge in [0.1, 0.15) is 0 Å². The number of likely N-dealkylation sites (N-methyl/N-ethyl adjacent to an activating group) is 1. The molecule has 0 bridgehead atoms. The number of hydrogen-bond acceptors (Lipinski definition) is 3. The van der Waals surface area contributed by atoms with Gasteiger partial charge >= 0.3 is 6.09 Å². The number of aliphatic hydroxyl groups excluding tert-OH is 1. The summed E-state index contributed by atoms with van der Waals surface area (Å²) in [5.41, 5.74) is 0. The molecule has 2 atom stereocenters. The SMILES string of the molecule is CN[C@@H]1CN(C(=O)O)C[C@H]1O. The minimum Gasteiger partial charge on any atom is -0.465 e. The molecule has 0 spiro atoms. The summed E-state index contributed by atoms with van der Waals surface area (Å²) < 4.78 is 0. The summed E-state index contributed by atoms with van der Waals surface area (Å²) in [7, 11) is 1.71. The van der Waals surface area contributed by atoms with E-state index in [1.54, 1.807) is 7.05 Å². The highest BCUT2D eigenvalue weighted by atomic mass is 16.4. The topological polar surface area (TPSA) is 72.8 Å². The van der Waals surface area contributed by atoms with E-state index in [2.05, 4.69) is 5.32 Å². The molecule has 64 valence electrons. The van der Waals surface area contributed by atoms with Crippen molar-refractivity contribution in [1.29, 1.82) is 0 Å². The van der Waals surface area contributed by atoms with E-state index in [9.17, 15) is 9.90 Å². The predicted molar refractivity (Wildman–Crippen MR) is 38.5 cm³/mol. The molecule has 0 aliphatic carbocycles. The first kappa shape index (κ1) is 8.29. The van der Waals surface area contributed by atoms with E-state index in [0.717, 1.165) is 0 Å². The molecule has 1 heterocycles. The number of carbonyl (C=O) groups is 1. The van der Waals surface area contributed by atoms with Crippen LogP contribution in [0.15, 0.2) is 0 Å². The zero-order chi connectivity index (χ0) is 8.43. The van der Waals surface area contributed by atoms with E-state index in [0.29, 0.717) is 6.54 Å². The molecule has 0 aromatic rings. The van der Waals surface area contributed by atoms with Crippen molar-refractivity contribution >= 4 is 6.09 Å². The fraction of sp³-hybridized carbons (Fsp3) is 0.833. The van der Waals surface area contributed by atoms with Gasteiger partial charge < -0.3 is 20.4 Å². The van der Waals surface area contributed by atoms with Crippen LogP contribution in [0, 0.1) is 0 Å². The first-order chi connectivity index (χ1) is 5.15. The molecule has 1 saturated heterocycles. The maximum atomic E-state index is 10.4. The Morgan fingerprint density at radius 1 is 1.64 bits per heavy atom. The molecule has 1 rings (SSSR count). The Labute approximate surface area is 64.6 Å². The number of carboxylic acid groups (broad SMARTS) is 1. The highest BCUT2D eigenvalue weighted by Crippen LogP contribution is 2.09. The van der Waals surface area contributed by atoms with Gasteiger partial charge in [0.15, 0.2) is 0 Å². The average Bonchev–Trinajstić information content (AvgIpc) is 2.31. The molecule has 0 aromatic heterocycles. The molecule has 1 fully saturated rings. The molecular formula is C6H12N2O3. The van der Waals surface area contributed by atoms with E-state index >= 15 is 0 Å². The molecule has 1 aliphatic heterocycles. The van der Waals surface area contributed by atoms with Crippen LogP contribution in [0.25, 0.3) is 0 Å². The second-order valence-corrected chi connectivity index (χ2v) is 2.65. The molecule has 0 radical (unpaired) electrons. The van der Waals surface area contributed by atoms with E-state index in [-0.39, 0.29) is 12.6 Å². The van der Waals surface area contributed by atoms with Crippen LogP contribution in [0.4, 0.5) is 4.79 Å². The fourth-order valence-corrected chi connectivity index (χ4v) is 1.23. The number of nitrogens with one attached hydrogen (secondary N) is 1. The number of hydrogen-bond donors (Lipinski definition) is 3. The minimum atomic E-state index is -0.971. The van der Waals surface area contributed by atoms with Crippen LogP contribution in [0.2, 0.25) is 0 Å². The summed E-state index contributed by atoms with van der Waals surface area (Å²) in [6.07, 6.45) is -1.54. The number of likely N-dealkylation sites (tertiary alicyclic amines) is 1. The second-order valence-electron chi connectivity index (χ2n) is 2.65. The van der Waals surface area contributed by atoms with Gasteiger partial charge in [-0.15, -0.1) is 0 Å². The van der Waals surface area contributed by atoms with Gasteiger partial charge in [-0.05, 0) is 7.05 Å². The van der Waals surface area contributed by atoms with Crippen molar-refractivity contribution in [2.24, 2.45) is 0 Å². The number of amides is 1. The lowest BCUT2D eigenvalue weighted by molar-refractivity contribution is 0.137. The lowest BCUT2D eigenvalue weighted by atomic mass is 10.2. The van der Waals surface area contributed by atoms with Gasteiger partial charge in [0.05, 0.1) is 18.7 Å². The third kappa shape index (κ3) is 1.61. The molecule has 11 heavy (non-hydrogen) atoms. The molecular weight excluding hydrogens is 148 g/mol. The third-order valence-electron chi connectivity index (χ3n) is 1.93. The van der Waals surface area contributed by atoms with Gasteiger partial charge in [0.25, 0.3) is 0 Å². The summed E-state index contributed by atoms with van der Waals surface area (Å²) in [5, 5.41) is 20.6. The highest BCUT2D eigenvalue weighted by Gasteiger charge is 2.32. The zero-order valence-electron chi connectivity index (χ0n) is 6.32. The normalized spacial score (nSPS) is 30.9. The maximum absolute atomic E-state index is 10.4. The largest absolute Gasteiger partial charge is 0.465 e. The van der Waals surface area contributed by atoms with Crippen molar-refractivity contribution in [2.45, 2.75) is 12.1 Å². The molecule has 1 aliphatic rings. The van der Waals surface area contributed by atoms with Crippen molar-refractivity contribution in [3.05, 3.63) is 0 Å². The Balaban J connectivity index is 2.49. The van der Waals surface area contributed by atoms with Crippen molar-refractivity contribution in [3.63, 3.8) is 0 Å². The number of β-amino-alcohol motifs (C(OH)–C–C–N with tert-alkyl or cyclic N) is 1. The Morgan fingerprint density at radius 3 is 2.55 bits per heavy atom. The van der Waals surface area contributed by atoms with Gasteiger partial charge in [-0.3, -0.25) is 0 Å². The van der Waals surface area contributed by atoms with E-state index in [1.807, 2.05) is 0 Å². The molecule has 5 heteroatoms. The summed E-state index contributed by atoms with van der Waals surface area (Å²) in [5.74, 6) is 0. The van der Waals surface area contributed by atoms with Gasteiger partial charge in [-0.1, -0.05) is 0 Å². The van der Waals surface area contributed by atoms with Crippen LogP contribution in [-0.2, 0) is 0 Å². The van der Waals surface area contributed by atoms with Crippen LogP contribution < -0.4 is 5.32 Å². The average molecular weight is 160 g/mol. The summed E-state index contributed by atoms with van der Waals surface area (Å²) in [4.78, 5) is 11.6. The highest BCUT2D eigenvalue weighted by molar-refractivity contribution is 5.65. The molecule has 0 unspecified atom stereocenters. The molecule has 3 N–H and O–H groups in total. The number of rotatable bonds is 1. The van der Waals surface area contributed by atoms with Crippen molar-refractivity contribution in [3.8, 4) is 0 Å². The van der Waals surface area contributed by atoms with Gasteiger partial charge in [0.2, 0.25) is 0 Å². The first-order valence-electron chi connectivity index (χ1n) is 3.48. The maximum Gasteiger partial charge on any atom is 0.407 e. The van der Waals surface area contributed by atoms with Crippen LogP contribution in [0.1, 0.15) is 0 Å². The Morgan fingerprint density at radius 2 is 2.27 bits per heavy atom. The number of nitrogens with zero attached hydrogens (tertiary/aromatic N) is 1. The number of aliphatic hydroxyl groups is 1. The quantitative estimate of drug-likeness (QED) is 0.456. The summed E-state index contributed by atoms with van der Waals surface area (Å²) >= 11 is 0. The van der Waals surface area contributed by atoms with Gasteiger partial charge in [0, 0.05) is 6.54 Å². The summed E-state index contributed by atoms with van der Waals surface area (Å²) in [6.45, 7) is 0.577. The van der Waals surface area contributed by atoms with Crippen molar-refractivity contribution in [2.75, 3.05) is 20.1 Å². The van der Waals surface area contributed by atoms with Crippen molar-refractivity contribution < 1.29 is 15.0 Å². The Hall–Kier alpha value is -0.810. The standard InChI is InChI=1S/C6H12N2O3/c1-7-4-2-8(6(10)11)3-5(4)9/h4-5,7,9H,2-3H2,1H3,(H,10,11)/t4-,5-/m1/s1. The molecule has 1 amide bonds. The predicted octanol–water partition coefficient (Wildman–Crippen LogP) is -1.07. The van der Waals surface area contributed by atoms with E-state index in [1.165, 1.54) is 4.90 Å².